The molecule has 4 bridgehead atoms. The summed E-state index contributed by atoms with van der Waals surface area (Å²) in [6.45, 7) is 7.80. The molecule has 42 heavy (non-hydrogen) atoms. The van der Waals surface area contributed by atoms with Crippen LogP contribution in [0.15, 0.2) is 42.1 Å². The van der Waals surface area contributed by atoms with Gasteiger partial charge in [0.05, 0.1) is 38.1 Å². The van der Waals surface area contributed by atoms with Gasteiger partial charge < -0.3 is 38.9 Å². The van der Waals surface area contributed by atoms with Crippen LogP contribution < -0.4 is 0 Å². The van der Waals surface area contributed by atoms with Crippen molar-refractivity contribution in [2.45, 2.75) is 82.9 Å². The molecule has 2 fully saturated rings. The molecule has 1 saturated carbocycles. The quantitative estimate of drug-likeness (QED) is 0.251. The number of hydrogen-bond donors (Lipinski definition) is 3. The van der Waals surface area contributed by atoms with Crippen molar-refractivity contribution in [3.8, 4) is 0 Å². The van der Waals surface area contributed by atoms with Crippen molar-refractivity contribution in [3.05, 3.63) is 53.4 Å². The molecular formula is C32H43NO9. The maximum atomic E-state index is 13.1. The molecule has 1 spiro atoms. The van der Waals surface area contributed by atoms with E-state index < -0.39 is 48.1 Å². The third kappa shape index (κ3) is 5.28. The molecule has 5 rings (SSSR count). The first-order valence-corrected chi connectivity index (χ1v) is 14.7. The molecule has 1 aromatic rings. The summed E-state index contributed by atoms with van der Waals surface area (Å²) < 4.78 is 29.6. The van der Waals surface area contributed by atoms with Gasteiger partial charge in [-0.15, -0.1) is 0 Å². The lowest BCUT2D eigenvalue weighted by atomic mass is 9.57. The van der Waals surface area contributed by atoms with Crippen LogP contribution in [-0.2, 0) is 39.9 Å². The van der Waals surface area contributed by atoms with Crippen LogP contribution in [-0.4, -0.2) is 83.6 Å². The Labute approximate surface area is 246 Å². The van der Waals surface area contributed by atoms with Crippen molar-refractivity contribution >= 4 is 18.0 Å². The fourth-order valence-corrected chi connectivity index (χ4v) is 7.63. The predicted octanol–water partition coefficient (Wildman–Crippen LogP) is 2.95. The average molecular weight is 586 g/mol. The van der Waals surface area contributed by atoms with E-state index in [1.54, 1.807) is 19.2 Å². The maximum absolute atomic E-state index is 13.1. The number of aliphatic hydroxyl groups excluding tert-OH is 2. The number of aliphatic hydroxyl groups is 2. The van der Waals surface area contributed by atoms with Gasteiger partial charge in [-0.2, -0.15) is 0 Å². The molecule has 230 valence electrons. The van der Waals surface area contributed by atoms with Crippen LogP contribution in [0.25, 0.3) is 6.08 Å². The Bertz CT molecular complexity index is 1250. The van der Waals surface area contributed by atoms with E-state index in [1.165, 1.54) is 20.3 Å². The Balaban J connectivity index is 1.45. The molecule has 1 saturated heterocycles. The molecule has 3 N–H and O–H groups in total. The second-order valence-electron chi connectivity index (χ2n) is 12.2. The highest BCUT2D eigenvalue weighted by molar-refractivity contribution is 5.86. The van der Waals surface area contributed by atoms with E-state index in [4.69, 9.17) is 18.9 Å². The molecule has 0 amide bonds. The summed E-state index contributed by atoms with van der Waals surface area (Å²) in [6, 6.07) is 1.90. The number of rotatable bonds is 7. The van der Waals surface area contributed by atoms with Crippen LogP contribution in [0.4, 0.5) is 0 Å². The monoisotopic (exact) mass is 585 g/mol. The van der Waals surface area contributed by atoms with Gasteiger partial charge in [-0.05, 0) is 43.5 Å². The van der Waals surface area contributed by atoms with Gasteiger partial charge in [0.25, 0.3) is 0 Å². The molecule has 1 aromatic heterocycles. The standard InChI is InChI=1S/C32H43NO9/c1-16-11-17(2)32-21(13-24(38-5)31(37)41-28(16)19(4)34)8-9-23-26(32)27(36)18(3)29(30(23)42-32)40-15-22-12-20(14-33-22)7-10-25(35)39-6/h7-12,14,16,18-19,21,23-24,26-30,33-34,36H,13,15H2,1-6H3/b10-7+,17-11+/t16-,18-,19?,21?,23-,24+,26+,27-,28?,29-,30-,32+/m1/s1. The molecule has 2 aliphatic carbocycles. The van der Waals surface area contributed by atoms with Crippen molar-refractivity contribution in [2.24, 2.45) is 29.6 Å². The van der Waals surface area contributed by atoms with Crippen molar-refractivity contribution < 1.29 is 43.5 Å². The van der Waals surface area contributed by atoms with Crippen LogP contribution >= 0.6 is 0 Å². The average Bonchev–Trinajstić information content (AvgIpc) is 3.49. The van der Waals surface area contributed by atoms with Crippen LogP contribution in [0.5, 0.6) is 0 Å². The largest absolute Gasteiger partial charge is 0.466 e. The number of esters is 2. The summed E-state index contributed by atoms with van der Waals surface area (Å²) in [6.07, 6.45) is 7.43. The highest BCUT2D eigenvalue weighted by Gasteiger charge is 2.68. The first-order valence-electron chi connectivity index (χ1n) is 14.7. The molecule has 12 atom stereocenters. The number of ether oxygens (including phenoxy) is 5. The highest BCUT2D eigenvalue weighted by Crippen LogP contribution is 2.61. The van der Waals surface area contributed by atoms with Gasteiger partial charge in [-0.3, -0.25) is 0 Å². The fraction of sp³-hybridized carbons (Fsp3) is 0.625. The van der Waals surface area contributed by atoms with Crippen molar-refractivity contribution in [1.82, 2.24) is 4.98 Å². The molecule has 3 unspecified atom stereocenters. The lowest BCUT2D eigenvalue weighted by molar-refractivity contribution is -0.172. The summed E-state index contributed by atoms with van der Waals surface area (Å²) in [5.41, 5.74) is 1.70. The van der Waals surface area contributed by atoms with Gasteiger partial charge in [-0.1, -0.05) is 32.1 Å². The van der Waals surface area contributed by atoms with Crippen molar-refractivity contribution in [3.63, 3.8) is 0 Å². The molecule has 0 aromatic carbocycles. The summed E-state index contributed by atoms with van der Waals surface area (Å²) in [5, 5.41) is 22.3. The smallest absolute Gasteiger partial charge is 0.335 e. The molecule has 4 aliphatic rings. The number of aromatic nitrogens is 1. The van der Waals surface area contributed by atoms with E-state index in [9.17, 15) is 19.8 Å². The van der Waals surface area contributed by atoms with E-state index in [1.807, 2.05) is 32.9 Å². The highest BCUT2D eigenvalue weighted by atomic mass is 16.6. The van der Waals surface area contributed by atoms with Crippen LogP contribution in [0.2, 0.25) is 0 Å². The Morgan fingerprint density at radius 2 is 2.05 bits per heavy atom. The van der Waals surface area contributed by atoms with Gasteiger partial charge in [-0.25, -0.2) is 9.59 Å². The molecule has 0 radical (unpaired) electrons. The van der Waals surface area contributed by atoms with Crippen LogP contribution in [0.3, 0.4) is 0 Å². The first-order chi connectivity index (χ1) is 20.0. The summed E-state index contributed by atoms with van der Waals surface area (Å²) in [4.78, 5) is 27.8. The minimum atomic E-state index is -0.881. The Hall–Kier alpha value is -2.76. The summed E-state index contributed by atoms with van der Waals surface area (Å²) in [5.74, 6) is -2.04. The molecule has 10 nitrogen and oxygen atoms in total. The third-order valence-electron chi connectivity index (χ3n) is 9.69. The number of H-pyrrole nitrogens is 1. The lowest BCUT2D eigenvalue weighted by Crippen LogP contribution is -2.57. The first kappa shape index (κ1) is 30.7. The normalized spacial score (nSPS) is 41.5. The molecule has 2 aliphatic heterocycles. The fourth-order valence-electron chi connectivity index (χ4n) is 7.63. The predicted molar refractivity (Wildman–Crippen MR) is 153 cm³/mol. The van der Waals surface area contributed by atoms with Gasteiger partial charge >= 0.3 is 11.9 Å². The van der Waals surface area contributed by atoms with Crippen molar-refractivity contribution in [1.29, 1.82) is 0 Å². The number of aromatic amines is 1. The Morgan fingerprint density at radius 1 is 1.29 bits per heavy atom. The van der Waals surface area contributed by atoms with Crippen LogP contribution in [0.1, 0.15) is 45.4 Å². The summed E-state index contributed by atoms with van der Waals surface area (Å²) >= 11 is 0. The number of methoxy groups -OCH3 is 2. The second-order valence-corrected chi connectivity index (χ2v) is 12.2. The zero-order valence-corrected chi connectivity index (χ0v) is 25.1. The number of carbonyl (C=O) groups excluding carboxylic acids is 2. The Kier molecular flexibility index (Phi) is 8.83. The lowest BCUT2D eigenvalue weighted by Gasteiger charge is -2.49. The number of nitrogens with one attached hydrogen (secondary N) is 1. The molecular weight excluding hydrogens is 542 g/mol. The van der Waals surface area contributed by atoms with E-state index in [0.717, 1.165) is 16.8 Å². The molecule has 10 heteroatoms. The Morgan fingerprint density at radius 3 is 2.74 bits per heavy atom. The van der Waals surface area contributed by atoms with Gasteiger partial charge in [0.1, 0.15) is 11.7 Å². The number of hydrogen-bond acceptors (Lipinski definition) is 9. The van der Waals surface area contributed by atoms with E-state index in [2.05, 4.69) is 21.9 Å². The van der Waals surface area contributed by atoms with E-state index in [-0.39, 0.29) is 42.3 Å². The SMILES string of the molecule is COC(=O)/C=C/c1c[nH]c(CO[C@@H]2[C@H](C)[C@@H](O)[C@@H]3[C@H]4C=CC5C[C@H](OC)C(=O)OC(C(C)O)[C@H](C)/C=C(\C)[C@]53O[C@H]42)c1. The van der Waals surface area contributed by atoms with Crippen molar-refractivity contribution in [2.75, 3.05) is 14.2 Å². The van der Waals surface area contributed by atoms with Gasteiger partial charge in [0.15, 0.2) is 6.10 Å². The summed E-state index contributed by atoms with van der Waals surface area (Å²) in [7, 11) is 2.81. The van der Waals surface area contributed by atoms with Gasteiger partial charge in [0, 0.05) is 54.7 Å². The number of cyclic esters (lactones) is 1. The van der Waals surface area contributed by atoms with E-state index in [0.29, 0.717) is 6.42 Å². The molecule has 3 heterocycles. The van der Waals surface area contributed by atoms with Gasteiger partial charge in [0.2, 0.25) is 0 Å². The zero-order chi connectivity index (χ0) is 30.3. The zero-order valence-electron chi connectivity index (χ0n) is 25.1. The van der Waals surface area contributed by atoms with E-state index >= 15 is 0 Å². The third-order valence-corrected chi connectivity index (χ3v) is 9.69. The minimum absolute atomic E-state index is 0.0817. The maximum Gasteiger partial charge on any atom is 0.335 e. The minimum Gasteiger partial charge on any atom is -0.466 e. The number of carbonyl (C=O) groups is 2. The topological polar surface area (TPSA) is 137 Å². The second kappa shape index (κ2) is 12.1. The van der Waals surface area contributed by atoms with Crippen LogP contribution in [0, 0.1) is 29.6 Å².